The van der Waals surface area contributed by atoms with Gasteiger partial charge in [0.15, 0.2) is 0 Å². The average molecular weight is 300 g/mol. The molecule has 1 aliphatic rings. The highest BCUT2D eigenvalue weighted by atomic mass is 79.9. The molecule has 2 heterocycles. The first-order valence-corrected chi connectivity index (χ1v) is 6.46. The van der Waals surface area contributed by atoms with E-state index in [1.54, 1.807) is 18.3 Å². The normalized spacial score (nSPS) is 19.9. The summed E-state index contributed by atoms with van der Waals surface area (Å²) in [5, 5.41) is 0. The lowest BCUT2D eigenvalue weighted by Crippen LogP contribution is -2.26. The van der Waals surface area contributed by atoms with Gasteiger partial charge in [0.1, 0.15) is 11.2 Å². The van der Waals surface area contributed by atoms with Gasteiger partial charge in [-0.25, -0.2) is 9.78 Å². The summed E-state index contributed by atoms with van der Waals surface area (Å²) in [4.78, 5) is 15.7. The maximum absolute atomic E-state index is 11.8. The molecule has 0 amide bonds. The number of carbonyl (C=O) groups is 1. The maximum atomic E-state index is 11.8. The Morgan fingerprint density at radius 2 is 2.47 bits per heavy atom. The highest BCUT2D eigenvalue weighted by Gasteiger charge is 2.18. The summed E-state index contributed by atoms with van der Waals surface area (Å²) in [5.74, 6) is -0.362. The summed E-state index contributed by atoms with van der Waals surface area (Å²) >= 11 is 3.22. The summed E-state index contributed by atoms with van der Waals surface area (Å²) in [5.41, 5.74) is 0.448. The number of aromatic nitrogens is 1. The Bertz CT molecular complexity index is 391. The fourth-order valence-electron chi connectivity index (χ4n) is 1.72. The molecule has 1 aliphatic heterocycles. The molecule has 0 spiro atoms. The van der Waals surface area contributed by atoms with Crippen LogP contribution in [-0.2, 0) is 9.47 Å². The molecular weight excluding hydrogens is 286 g/mol. The molecule has 5 heteroatoms. The van der Waals surface area contributed by atoms with Gasteiger partial charge in [-0.2, -0.15) is 0 Å². The first-order valence-electron chi connectivity index (χ1n) is 5.66. The van der Waals surface area contributed by atoms with Gasteiger partial charge < -0.3 is 9.47 Å². The topological polar surface area (TPSA) is 48.4 Å². The van der Waals surface area contributed by atoms with E-state index in [0.717, 1.165) is 25.9 Å². The minimum atomic E-state index is -0.362. The van der Waals surface area contributed by atoms with Crippen LogP contribution in [0.15, 0.2) is 22.9 Å². The van der Waals surface area contributed by atoms with E-state index >= 15 is 0 Å². The number of carbonyl (C=O) groups excluding carboxylic acids is 1. The van der Waals surface area contributed by atoms with Crippen LogP contribution in [0, 0.1) is 0 Å². The van der Waals surface area contributed by atoms with E-state index in [4.69, 9.17) is 9.47 Å². The van der Waals surface area contributed by atoms with Crippen LogP contribution in [0.25, 0.3) is 0 Å². The van der Waals surface area contributed by atoms with Crippen LogP contribution < -0.4 is 0 Å². The number of ether oxygens (including phenoxy) is 2. The Morgan fingerprint density at radius 3 is 3.18 bits per heavy atom. The third-order valence-electron chi connectivity index (χ3n) is 2.65. The van der Waals surface area contributed by atoms with E-state index in [-0.39, 0.29) is 12.1 Å². The maximum Gasteiger partial charge on any atom is 0.340 e. The highest BCUT2D eigenvalue weighted by molar-refractivity contribution is 9.10. The Balaban J connectivity index is 1.87. The zero-order valence-corrected chi connectivity index (χ0v) is 11.0. The first kappa shape index (κ1) is 12.5. The molecule has 92 valence electrons. The standard InChI is InChI=1S/C12H14BrNO3/c13-11-10(5-3-6-14-11)12(15)17-8-9-4-1-2-7-16-9/h3,5-6,9H,1-2,4,7-8H2. The van der Waals surface area contributed by atoms with Crippen LogP contribution in [0.4, 0.5) is 0 Å². The minimum Gasteiger partial charge on any atom is -0.459 e. The molecule has 0 aromatic carbocycles. The molecule has 1 aromatic heterocycles. The summed E-state index contributed by atoms with van der Waals surface area (Å²) in [6.45, 7) is 1.08. The molecule has 0 bridgehead atoms. The lowest BCUT2D eigenvalue weighted by atomic mass is 10.1. The SMILES string of the molecule is O=C(OCC1CCCCO1)c1cccnc1Br. The minimum absolute atomic E-state index is 0.0446. The van der Waals surface area contributed by atoms with Crippen LogP contribution in [0.3, 0.4) is 0 Å². The van der Waals surface area contributed by atoms with Crippen LogP contribution in [0.2, 0.25) is 0 Å². The summed E-state index contributed by atoms with van der Waals surface area (Å²) in [6, 6.07) is 3.39. The van der Waals surface area contributed by atoms with Gasteiger partial charge >= 0.3 is 5.97 Å². The van der Waals surface area contributed by atoms with Gasteiger partial charge in [0.2, 0.25) is 0 Å². The van der Waals surface area contributed by atoms with Crippen LogP contribution in [0.1, 0.15) is 29.6 Å². The van der Waals surface area contributed by atoms with Crippen LogP contribution >= 0.6 is 15.9 Å². The zero-order valence-electron chi connectivity index (χ0n) is 9.39. The number of halogens is 1. The summed E-state index contributed by atoms with van der Waals surface area (Å²) in [7, 11) is 0. The molecular formula is C12H14BrNO3. The van der Waals surface area contributed by atoms with Gasteiger partial charge in [-0.1, -0.05) is 0 Å². The number of pyridine rings is 1. The zero-order chi connectivity index (χ0) is 12.1. The van der Waals surface area contributed by atoms with Crippen molar-refractivity contribution in [3.05, 3.63) is 28.5 Å². The van der Waals surface area contributed by atoms with E-state index in [0.29, 0.717) is 16.8 Å². The Hall–Kier alpha value is -0.940. The van der Waals surface area contributed by atoms with Gasteiger partial charge in [-0.05, 0) is 47.3 Å². The van der Waals surface area contributed by atoms with Crippen molar-refractivity contribution in [3.63, 3.8) is 0 Å². The van der Waals surface area contributed by atoms with Crippen molar-refractivity contribution in [2.75, 3.05) is 13.2 Å². The molecule has 0 aliphatic carbocycles. The van der Waals surface area contributed by atoms with Gasteiger partial charge in [-0.15, -0.1) is 0 Å². The van der Waals surface area contributed by atoms with Gasteiger partial charge in [0, 0.05) is 12.8 Å². The van der Waals surface area contributed by atoms with E-state index in [1.807, 2.05) is 0 Å². The quantitative estimate of drug-likeness (QED) is 0.636. The molecule has 1 saturated heterocycles. The van der Waals surface area contributed by atoms with Crippen molar-refractivity contribution in [2.45, 2.75) is 25.4 Å². The third-order valence-corrected chi connectivity index (χ3v) is 3.29. The van der Waals surface area contributed by atoms with Gasteiger partial charge in [-0.3, -0.25) is 0 Å². The predicted octanol–water partition coefficient (Wildman–Crippen LogP) is 2.57. The number of rotatable bonds is 3. The molecule has 0 radical (unpaired) electrons. The highest BCUT2D eigenvalue weighted by Crippen LogP contribution is 2.16. The van der Waals surface area contributed by atoms with E-state index in [2.05, 4.69) is 20.9 Å². The molecule has 0 N–H and O–H groups in total. The van der Waals surface area contributed by atoms with Gasteiger partial charge in [0.05, 0.1) is 11.7 Å². The van der Waals surface area contributed by atoms with Crippen molar-refractivity contribution >= 4 is 21.9 Å². The van der Waals surface area contributed by atoms with Crippen molar-refractivity contribution < 1.29 is 14.3 Å². The lowest BCUT2D eigenvalue weighted by molar-refractivity contribution is -0.0300. The molecule has 1 fully saturated rings. The lowest BCUT2D eigenvalue weighted by Gasteiger charge is -2.22. The molecule has 1 unspecified atom stereocenters. The molecule has 1 aromatic rings. The van der Waals surface area contributed by atoms with Crippen molar-refractivity contribution in [2.24, 2.45) is 0 Å². The second-order valence-corrected chi connectivity index (χ2v) is 4.68. The molecule has 0 saturated carbocycles. The second-order valence-electron chi connectivity index (χ2n) is 3.93. The summed E-state index contributed by atoms with van der Waals surface area (Å²) < 4.78 is 11.2. The average Bonchev–Trinajstić information content (AvgIpc) is 2.38. The van der Waals surface area contributed by atoms with E-state index < -0.39 is 0 Å². The fraction of sp³-hybridized carbons (Fsp3) is 0.500. The smallest absolute Gasteiger partial charge is 0.340 e. The number of hydrogen-bond acceptors (Lipinski definition) is 4. The van der Waals surface area contributed by atoms with Crippen molar-refractivity contribution in [3.8, 4) is 0 Å². The predicted molar refractivity (Wildman–Crippen MR) is 65.8 cm³/mol. The monoisotopic (exact) mass is 299 g/mol. The Kier molecular flexibility index (Phi) is 4.50. The van der Waals surface area contributed by atoms with E-state index in [9.17, 15) is 4.79 Å². The summed E-state index contributed by atoms with van der Waals surface area (Å²) in [6.07, 6.45) is 4.85. The van der Waals surface area contributed by atoms with Crippen molar-refractivity contribution in [1.29, 1.82) is 0 Å². The molecule has 1 atom stereocenters. The van der Waals surface area contributed by atoms with E-state index in [1.165, 1.54) is 0 Å². The Labute approximate surface area is 108 Å². The second kappa shape index (κ2) is 6.12. The first-order chi connectivity index (χ1) is 8.27. The Morgan fingerprint density at radius 1 is 1.59 bits per heavy atom. The molecule has 17 heavy (non-hydrogen) atoms. The van der Waals surface area contributed by atoms with Crippen LogP contribution in [0.5, 0.6) is 0 Å². The number of esters is 1. The number of hydrogen-bond donors (Lipinski definition) is 0. The largest absolute Gasteiger partial charge is 0.459 e. The third kappa shape index (κ3) is 3.51. The van der Waals surface area contributed by atoms with Gasteiger partial charge in [0.25, 0.3) is 0 Å². The molecule has 2 rings (SSSR count). The van der Waals surface area contributed by atoms with Crippen molar-refractivity contribution in [1.82, 2.24) is 4.98 Å². The van der Waals surface area contributed by atoms with Crippen LogP contribution in [-0.4, -0.2) is 30.3 Å². The molecule has 4 nitrogen and oxygen atoms in total. The number of nitrogens with zero attached hydrogens (tertiary/aromatic N) is 1. The fourth-order valence-corrected chi connectivity index (χ4v) is 2.14.